The largest absolute Gasteiger partial charge is 0.508 e. The molecule has 0 aliphatic heterocycles. The van der Waals surface area contributed by atoms with Crippen molar-refractivity contribution in [2.24, 2.45) is 0 Å². The smallest absolute Gasteiger partial charge is 0.434 e. The lowest BCUT2D eigenvalue weighted by atomic mass is 10.3. The fourth-order valence-electron chi connectivity index (χ4n) is 0.512. The maximum atomic E-state index is 10.8. The van der Waals surface area contributed by atoms with Gasteiger partial charge in [0.25, 0.3) is 0 Å². The molecule has 0 heterocycles. The number of unbranched alkanes of at least 4 members (excludes halogenated alkanes) is 1. The molecule has 0 aliphatic carbocycles. The zero-order chi connectivity index (χ0) is 11.0. The summed E-state index contributed by atoms with van der Waals surface area (Å²) in [6.07, 6.45) is 5.24. The summed E-state index contributed by atoms with van der Waals surface area (Å²) in [5.41, 5.74) is 0. The standard InChI is InChI=1S/C8H9Cl3O3/c1-2-3-4-5-13-7(12)14-6-8(9,10)11/h1H,3-6H2. The third-order valence-corrected chi connectivity index (χ3v) is 1.37. The number of carbonyl (C=O) groups is 1. The van der Waals surface area contributed by atoms with Gasteiger partial charge in [-0.2, -0.15) is 0 Å². The van der Waals surface area contributed by atoms with Crippen molar-refractivity contribution in [1.29, 1.82) is 0 Å². The Morgan fingerprint density at radius 1 is 1.36 bits per heavy atom. The van der Waals surface area contributed by atoms with E-state index in [9.17, 15) is 4.79 Å². The third kappa shape index (κ3) is 9.79. The van der Waals surface area contributed by atoms with Gasteiger partial charge >= 0.3 is 6.16 Å². The van der Waals surface area contributed by atoms with Crippen molar-refractivity contribution >= 4 is 41.0 Å². The second-order valence-electron chi connectivity index (χ2n) is 2.31. The van der Waals surface area contributed by atoms with Gasteiger partial charge < -0.3 is 9.47 Å². The summed E-state index contributed by atoms with van der Waals surface area (Å²) in [6, 6.07) is 0. The number of alkyl halides is 3. The average molecular weight is 260 g/mol. The zero-order valence-corrected chi connectivity index (χ0v) is 9.53. The highest BCUT2D eigenvalue weighted by atomic mass is 35.6. The van der Waals surface area contributed by atoms with E-state index in [0.717, 1.165) is 0 Å². The monoisotopic (exact) mass is 258 g/mol. The van der Waals surface area contributed by atoms with Gasteiger partial charge in [0, 0.05) is 6.42 Å². The molecule has 3 nitrogen and oxygen atoms in total. The normalized spacial score (nSPS) is 10.4. The van der Waals surface area contributed by atoms with Crippen molar-refractivity contribution < 1.29 is 14.3 Å². The Morgan fingerprint density at radius 3 is 2.50 bits per heavy atom. The van der Waals surface area contributed by atoms with E-state index in [0.29, 0.717) is 12.8 Å². The SMILES string of the molecule is C#CCCCOC(=O)OCC(Cl)(Cl)Cl. The Kier molecular flexibility index (Phi) is 6.90. The van der Waals surface area contributed by atoms with Gasteiger partial charge in [-0.15, -0.1) is 12.3 Å². The minimum Gasteiger partial charge on any atom is -0.434 e. The highest BCUT2D eigenvalue weighted by Crippen LogP contribution is 2.25. The summed E-state index contributed by atoms with van der Waals surface area (Å²) in [5, 5.41) is 0. The number of ether oxygens (including phenoxy) is 2. The van der Waals surface area contributed by atoms with E-state index in [1.807, 2.05) is 0 Å². The molecule has 0 fully saturated rings. The average Bonchev–Trinajstić information content (AvgIpc) is 2.08. The molecule has 0 radical (unpaired) electrons. The summed E-state index contributed by atoms with van der Waals surface area (Å²) < 4.78 is 7.47. The summed E-state index contributed by atoms with van der Waals surface area (Å²) >= 11 is 16.0. The molecule has 0 saturated carbocycles. The first-order valence-electron chi connectivity index (χ1n) is 3.75. The minimum atomic E-state index is -1.61. The first-order chi connectivity index (χ1) is 6.45. The van der Waals surface area contributed by atoms with Crippen LogP contribution in [0.3, 0.4) is 0 Å². The maximum absolute atomic E-state index is 10.8. The van der Waals surface area contributed by atoms with Gasteiger partial charge in [-0.05, 0) is 6.42 Å². The van der Waals surface area contributed by atoms with Crippen molar-refractivity contribution in [3.05, 3.63) is 0 Å². The van der Waals surface area contributed by atoms with Crippen LogP contribution in [0.1, 0.15) is 12.8 Å². The van der Waals surface area contributed by atoms with Crippen molar-refractivity contribution in [1.82, 2.24) is 0 Å². The number of carbonyl (C=O) groups excluding carboxylic acids is 1. The molecule has 0 unspecified atom stereocenters. The van der Waals surface area contributed by atoms with Crippen LogP contribution < -0.4 is 0 Å². The van der Waals surface area contributed by atoms with Gasteiger partial charge in [0.05, 0.1) is 6.61 Å². The number of hydrogen-bond acceptors (Lipinski definition) is 3. The highest BCUT2D eigenvalue weighted by Gasteiger charge is 2.22. The Bertz CT molecular complexity index is 217. The summed E-state index contributed by atoms with van der Waals surface area (Å²) in [4.78, 5) is 10.8. The van der Waals surface area contributed by atoms with Gasteiger partial charge in [-0.25, -0.2) is 4.79 Å². The molecule has 6 heteroatoms. The predicted octanol–water partition coefficient (Wildman–Crippen LogP) is 2.92. The first-order valence-corrected chi connectivity index (χ1v) is 4.89. The topological polar surface area (TPSA) is 35.5 Å². The van der Waals surface area contributed by atoms with E-state index >= 15 is 0 Å². The number of hydrogen-bond donors (Lipinski definition) is 0. The van der Waals surface area contributed by atoms with E-state index in [1.165, 1.54) is 0 Å². The maximum Gasteiger partial charge on any atom is 0.508 e. The molecule has 0 bridgehead atoms. The quantitative estimate of drug-likeness (QED) is 0.337. The lowest BCUT2D eigenvalue weighted by molar-refractivity contribution is 0.0561. The van der Waals surface area contributed by atoms with E-state index in [4.69, 9.17) is 41.2 Å². The summed E-state index contributed by atoms with van der Waals surface area (Å²) in [6.45, 7) is -0.144. The number of halogens is 3. The van der Waals surface area contributed by atoms with Crippen molar-refractivity contribution in [3.8, 4) is 12.3 Å². The van der Waals surface area contributed by atoms with Crippen LogP contribution in [-0.2, 0) is 9.47 Å². The van der Waals surface area contributed by atoms with Crippen molar-refractivity contribution in [2.75, 3.05) is 13.2 Å². The second kappa shape index (κ2) is 7.05. The van der Waals surface area contributed by atoms with Crippen LogP contribution in [0.25, 0.3) is 0 Å². The Hall–Kier alpha value is -0.300. The lowest BCUT2D eigenvalue weighted by Gasteiger charge is -2.10. The highest BCUT2D eigenvalue weighted by molar-refractivity contribution is 6.67. The van der Waals surface area contributed by atoms with Crippen LogP contribution in [0.2, 0.25) is 0 Å². The van der Waals surface area contributed by atoms with Crippen molar-refractivity contribution in [2.45, 2.75) is 16.6 Å². The van der Waals surface area contributed by atoms with E-state index < -0.39 is 9.95 Å². The van der Waals surface area contributed by atoms with Crippen LogP contribution in [0.4, 0.5) is 4.79 Å². The molecular formula is C8H9Cl3O3. The van der Waals surface area contributed by atoms with Crippen molar-refractivity contribution in [3.63, 3.8) is 0 Å². The molecule has 0 spiro atoms. The lowest BCUT2D eigenvalue weighted by Crippen LogP contribution is -2.18. The molecule has 0 N–H and O–H groups in total. The van der Waals surface area contributed by atoms with Crippen LogP contribution in [0.15, 0.2) is 0 Å². The molecule has 0 aromatic carbocycles. The molecule has 0 aromatic heterocycles. The minimum absolute atomic E-state index is 0.197. The van der Waals surface area contributed by atoms with E-state index in [-0.39, 0.29) is 13.2 Å². The fraction of sp³-hybridized carbons (Fsp3) is 0.625. The zero-order valence-electron chi connectivity index (χ0n) is 7.26. The molecular weight excluding hydrogens is 250 g/mol. The number of rotatable bonds is 4. The van der Waals surface area contributed by atoms with Gasteiger partial charge in [0.2, 0.25) is 3.79 Å². The second-order valence-corrected chi connectivity index (χ2v) is 4.83. The van der Waals surface area contributed by atoms with Gasteiger partial charge in [0.1, 0.15) is 6.61 Å². The molecule has 0 amide bonds. The van der Waals surface area contributed by atoms with Crippen LogP contribution >= 0.6 is 34.8 Å². The van der Waals surface area contributed by atoms with Crippen LogP contribution in [0, 0.1) is 12.3 Å². The Morgan fingerprint density at radius 2 is 2.00 bits per heavy atom. The summed E-state index contributed by atoms with van der Waals surface area (Å²) in [5.74, 6) is 2.40. The molecule has 0 aromatic rings. The van der Waals surface area contributed by atoms with Gasteiger partial charge in [-0.1, -0.05) is 34.8 Å². The molecule has 0 saturated heterocycles. The first kappa shape index (κ1) is 13.7. The fourth-order valence-corrected chi connectivity index (χ4v) is 0.676. The Balaban J connectivity index is 3.43. The van der Waals surface area contributed by atoms with Gasteiger partial charge in [0.15, 0.2) is 0 Å². The molecule has 0 rings (SSSR count). The molecule has 0 atom stereocenters. The summed E-state index contributed by atoms with van der Waals surface area (Å²) in [7, 11) is 0. The number of terminal acetylenes is 1. The third-order valence-electron chi connectivity index (χ3n) is 1.04. The van der Waals surface area contributed by atoms with Crippen LogP contribution in [0.5, 0.6) is 0 Å². The van der Waals surface area contributed by atoms with E-state index in [1.54, 1.807) is 0 Å². The molecule has 80 valence electrons. The van der Waals surface area contributed by atoms with Gasteiger partial charge in [-0.3, -0.25) is 0 Å². The molecule has 14 heavy (non-hydrogen) atoms. The van der Waals surface area contributed by atoms with Crippen LogP contribution in [-0.4, -0.2) is 23.2 Å². The Labute approximate surface area is 97.6 Å². The molecule has 0 aliphatic rings. The predicted molar refractivity (Wildman–Crippen MR) is 55.7 cm³/mol. The van der Waals surface area contributed by atoms with E-state index in [2.05, 4.69) is 15.4 Å².